The van der Waals surface area contributed by atoms with Gasteiger partial charge in [-0.25, -0.2) is 9.97 Å². The van der Waals surface area contributed by atoms with E-state index in [-0.39, 0.29) is 5.41 Å². The summed E-state index contributed by atoms with van der Waals surface area (Å²) in [5.74, 6) is 2.27. The maximum atomic E-state index is 4.73. The van der Waals surface area contributed by atoms with Crippen LogP contribution in [-0.2, 0) is 5.41 Å². The molecular formula is C21H21N9S2. The monoisotopic (exact) mass is 463 g/mol. The first-order chi connectivity index (χ1) is 15.4. The van der Waals surface area contributed by atoms with Crippen LogP contribution in [0.15, 0.2) is 41.0 Å². The molecule has 3 N–H and O–H groups in total. The maximum Gasteiger partial charge on any atom is 0.233 e. The summed E-state index contributed by atoms with van der Waals surface area (Å²) in [5, 5.41) is 17.3. The minimum absolute atomic E-state index is 0.208. The van der Waals surface area contributed by atoms with Crippen LogP contribution < -0.4 is 10.6 Å². The van der Waals surface area contributed by atoms with Crippen LogP contribution >= 0.6 is 23.1 Å². The van der Waals surface area contributed by atoms with Crippen molar-refractivity contribution in [3.8, 4) is 0 Å². The minimum atomic E-state index is -0.208. The van der Waals surface area contributed by atoms with Crippen LogP contribution in [0.25, 0.3) is 21.1 Å². The van der Waals surface area contributed by atoms with Crippen molar-refractivity contribution in [2.75, 3.05) is 16.9 Å². The molecule has 0 spiro atoms. The molecule has 0 unspecified atom stereocenters. The molecule has 5 rings (SSSR count). The fourth-order valence-corrected chi connectivity index (χ4v) is 4.23. The average molecular weight is 464 g/mol. The van der Waals surface area contributed by atoms with Gasteiger partial charge in [0.2, 0.25) is 11.9 Å². The summed E-state index contributed by atoms with van der Waals surface area (Å²) < 4.78 is 0.971. The highest BCUT2D eigenvalue weighted by atomic mass is 32.2. The number of aromatic amines is 1. The largest absolute Gasteiger partial charge is 0.339 e. The molecule has 0 aliphatic carbocycles. The average Bonchev–Trinajstić information content (AvgIpc) is 3.42. The summed E-state index contributed by atoms with van der Waals surface area (Å²) >= 11 is 3.06. The van der Waals surface area contributed by atoms with Crippen LogP contribution in [-0.4, -0.2) is 41.4 Å². The Labute approximate surface area is 192 Å². The lowest BCUT2D eigenvalue weighted by molar-refractivity contribution is 0.533. The van der Waals surface area contributed by atoms with Gasteiger partial charge >= 0.3 is 0 Å². The molecule has 9 nitrogen and oxygen atoms in total. The van der Waals surface area contributed by atoms with Crippen molar-refractivity contribution in [1.82, 2.24) is 35.1 Å². The van der Waals surface area contributed by atoms with Crippen molar-refractivity contribution in [2.24, 2.45) is 0 Å². The number of thioether (sulfide) groups is 1. The third-order valence-electron chi connectivity index (χ3n) is 4.70. The lowest BCUT2D eigenvalue weighted by Crippen LogP contribution is -2.18. The number of rotatable bonds is 5. The van der Waals surface area contributed by atoms with Gasteiger partial charge in [0.25, 0.3) is 0 Å². The molecule has 0 saturated carbocycles. The first kappa shape index (κ1) is 20.6. The van der Waals surface area contributed by atoms with Crippen LogP contribution in [0.5, 0.6) is 0 Å². The molecule has 5 aromatic rings. The van der Waals surface area contributed by atoms with E-state index in [9.17, 15) is 0 Å². The number of aromatic nitrogens is 7. The number of nitrogens with one attached hydrogen (secondary N) is 3. The molecule has 4 heterocycles. The summed E-state index contributed by atoms with van der Waals surface area (Å²) in [7, 11) is 0. The summed E-state index contributed by atoms with van der Waals surface area (Å²) in [6.07, 6.45) is 3.74. The van der Waals surface area contributed by atoms with Gasteiger partial charge in [0, 0.05) is 16.5 Å². The van der Waals surface area contributed by atoms with Gasteiger partial charge in [0.05, 0.1) is 21.9 Å². The normalized spacial score (nSPS) is 11.9. The molecule has 4 aromatic heterocycles. The van der Waals surface area contributed by atoms with E-state index in [4.69, 9.17) is 4.98 Å². The van der Waals surface area contributed by atoms with Gasteiger partial charge in [0.15, 0.2) is 11.0 Å². The Bertz CT molecular complexity index is 1420. The van der Waals surface area contributed by atoms with Gasteiger partial charge in [-0.2, -0.15) is 20.1 Å². The molecular weight excluding hydrogens is 442 g/mol. The SMILES string of the molecule is CSc1nc(Nc2nc(Nc3ccc4[nH]ncc4c3)c3sccc3n2)nc(C(C)(C)C)n1. The Morgan fingerprint density at radius 1 is 0.969 bits per heavy atom. The van der Waals surface area contributed by atoms with Crippen LogP contribution in [0.3, 0.4) is 0 Å². The Hall–Kier alpha value is -3.31. The Morgan fingerprint density at radius 3 is 2.62 bits per heavy atom. The van der Waals surface area contributed by atoms with E-state index < -0.39 is 0 Å². The fourth-order valence-electron chi connectivity index (χ4n) is 3.10. The zero-order chi connectivity index (χ0) is 22.3. The number of anilines is 4. The second kappa shape index (κ2) is 7.99. The molecule has 162 valence electrons. The molecule has 0 saturated heterocycles. The lowest BCUT2D eigenvalue weighted by atomic mass is 9.96. The third-order valence-corrected chi connectivity index (χ3v) is 6.16. The zero-order valence-corrected chi connectivity index (χ0v) is 19.6. The first-order valence-electron chi connectivity index (χ1n) is 9.92. The molecule has 32 heavy (non-hydrogen) atoms. The van der Waals surface area contributed by atoms with Gasteiger partial charge in [-0.3, -0.25) is 10.4 Å². The van der Waals surface area contributed by atoms with E-state index in [1.807, 2.05) is 35.9 Å². The van der Waals surface area contributed by atoms with Crippen molar-refractivity contribution in [3.05, 3.63) is 41.7 Å². The van der Waals surface area contributed by atoms with Crippen LogP contribution in [0.2, 0.25) is 0 Å². The fraction of sp³-hybridized carbons (Fsp3) is 0.238. The lowest BCUT2D eigenvalue weighted by Gasteiger charge is -2.17. The number of thiophene rings is 1. The maximum absolute atomic E-state index is 4.73. The smallest absolute Gasteiger partial charge is 0.233 e. The molecule has 0 radical (unpaired) electrons. The van der Waals surface area contributed by atoms with Gasteiger partial charge in [-0.1, -0.05) is 32.5 Å². The minimum Gasteiger partial charge on any atom is -0.339 e. The summed E-state index contributed by atoms with van der Waals surface area (Å²) in [6.45, 7) is 6.22. The highest BCUT2D eigenvalue weighted by Crippen LogP contribution is 2.31. The second-order valence-corrected chi connectivity index (χ2v) is 9.86. The zero-order valence-electron chi connectivity index (χ0n) is 18.0. The predicted molar refractivity (Wildman–Crippen MR) is 130 cm³/mol. The van der Waals surface area contributed by atoms with Gasteiger partial charge in [-0.05, 0) is 35.9 Å². The standard InChI is InChI=1S/C21H21N9S2/c1-21(2,3)17-26-19(29-20(27-17)31-4)28-18-24-14-7-8-32-15(14)16(25-18)23-12-5-6-13-11(9-12)10-22-30-13/h5-10H,1-4H3,(H,22,30)(H2,23,24,25,26,27,28,29). The van der Waals surface area contributed by atoms with E-state index in [2.05, 4.69) is 61.5 Å². The van der Waals surface area contributed by atoms with Crippen LogP contribution in [0.4, 0.5) is 23.4 Å². The van der Waals surface area contributed by atoms with Crippen LogP contribution in [0.1, 0.15) is 26.6 Å². The Morgan fingerprint density at radius 2 is 1.81 bits per heavy atom. The van der Waals surface area contributed by atoms with Crippen molar-refractivity contribution in [2.45, 2.75) is 31.3 Å². The molecule has 0 fully saturated rings. The van der Waals surface area contributed by atoms with E-state index in [0.29, 0.717) is 28.7 Å². The van der Waals surface area contributed by atoms with Crippen molar-refractivity contribution in [1.29, 1.82) is 0 Å². The first-order valence-corrected chi connectivity index (χ1v) is 12.0. The summed E-state index contributed by atoms with van der Waals surface area (Å²) in [6, 6.07) is 7.97. The molecule has 1 aromatic carbocycles. The van der Waals surface area contributed by atoms with Gasteiger partial charge in [0.1, 0.15) is 5.82 Å². The molecule has 0 aliphatic heterocycles. The third kappa shape index (κ3) is 4.08. The topological polar surface area (TPSA) is 117 Å². The Kier molecular flexibility index (Phi) is 5.14. The summed E-state index contributed by atoms with van der Waals surface area (Å²) in [5.41, 5.74) is 2.53. The number of benzene rings is 1. The van der Waals surface area contributed by atoms with Crippen molar-refractivity contribution < 1.29 is 0 Å². The van der Waals surface area contributed by atoms with Gasteiger partial charge < -0.3 is 5.32 Å². The number of H-pyrrole nitrogens is 1. The van der Waals surface area contributed by atoms with E-state index in [1.54, 1.807) is 17.5 Å². The van der Waals surface area contributed by atoms with Crippen LogP contribution in [0, 0.1) is 0 Å². The molecule has 0 aliphatic rings. The number of hydrogen-bond acceptors (Lipinski definition) is 10. The van der Waals surface area contributed by atoms with Gasteiger partial charge in [-0.15, -0.1) is 11.3 Å². The van der Waals surface area contributed by atoms with E-state index in [1.165, 1.54) is 11.8 Å². The molecule has 11 heteroatoms. The van der Waals surface area contributed by atoms with E-state index in [0.717, 1.165) is 26.8 Å². The second-order valence-electron chi connectivity index (χ2n) is 8.17. The number of fused-ring (bicyclic) bond motifs is 2. The van der Waals surface area contributed by atoms with Crippen molar-refractivity contribution >= 4 is 67.6 Å². The molecule has 0 bridgehead atoms. The summed E-state index contributed by atoms with van der Waals surface area (Å²) in [4.78, 5) is 23.0. The molecule has 0 amide bonds. The van der Waals surface area contributed by atoms with E-state index >= 15 is 0 Å². The quantitative estimate of drug-likeness (QED) is 0.300. The Balaban J connectivity index is 1.52. The number of nitrogens with zero attached hydrogens (tertiary/aromatic N) is 6. The van der Waals surface area contributed by atoms with Crippen molar-refractivity contribution in [3.63, 3.8) is 0 Å². The highest BCUT2D eigenvalue weighted by Gasteiger charge is 2.20. The molecule has 0 atom stereocenters. The number of hydrogen-bond donors (Lipinski definition) is 3. The predicted octanol–water partition coefficient (Wildman–Crippen LogP) is 5.26. The highest BCUT2D eigenvalue weighted by molar-refractivity contribution is 7.98.